The Bertz CT molecular complexity index is 577. The Hall–Kier alpha value is -1.38. The van der Waals surface area contributed by atoms with Gasteiger partial charge in [0.15, 0.2) is 0 Å². The highest BCUT2D eigenvalue weighted by atomic mass is 32.2. The average molecular weight is 274 g/mol. The highest BCUT2D eigenvalue weighted by molar-refractivity contribution is 7.89. The second kappa shape index (κ2) is 4.38. The molecule has 1 atom stereocenters. The molecule has 0 radical (unpaired) electrons. The Morgan fingerprint density at radius 3 is 2.61 bits per heavy atom. The third-order valence-electron chi connectivity index (χ3n) is 2.96. The molecule has 18 heavy (non-hydrogen) atoms. The number of nitrogens with zero attached hydrogens (tertiary/aromatic N) is 2. The molecule has 0 amide bonds. The highest BCUT2D eigenvalue weighted by Gasteiger charge is 2.33. The van der Waals surface area contributed by atoms with E-state index in [-0.39, 0.29) is 23.7 Å². The van der Waals surface area contributed by atoms with Crippen molar-refractivity contribution in [3.63, 3.8) is 0 Å². The Morgan fingerprint density at radius 2 is 2.17 bits per heavy atom. The smallest absolute Gasteiger partial charge is 0.352 e. The summed E-state index contributed by atoms with van der Waals surface area (Å²) < 4.78 is 26.8. The van der Waals surface area contributed by atoms with E-state index in [2.05, 4.69) is 0 Å². The maximum atomic E-state index is 12.2. The van der Waals surface area contributed by atoms with Crippen molar-refractivity contribution in [1.29, 1.82) is 0 Å². The van der Waals surface area contributed by atoms with Gasteiger partial charge >= 0.3 is 5.97 Å². The number of carboxylic acid groups (broad SMARTS) is 1. The van der Waals surface area contributed by atoms with Crippen LogP contribution in [0.1, 0.15) is 16.9 Å². The number of carboxylic acids is 1. The van der Waals surface area contributed by atoms with Gasteiger partial charge in [0.25, 0.3) is 0 Å². The number of aryl methyl sites for hydroxylation is 1. The molecule has 2 rings (SSSR count). The van der Waals surface area contributed by atoms with Crippen molar-refractivity contribution in [2.24, 2.45) is 7.05 Å². The van der Waals surface area contributed by atoms with E-state index in [1.165, 1.54) is 22.1 Å². The van der Waals surface area contributed by atoms with Crippen LogP contribution in [0.5, 0.6) is 0 Å². The van der Waals surface area contributed by atoms with E-state index in [0.29, 0.717) is 6.42 Å². The number of carbonyl (C=O) groups is 1. The van der Waals surface area contributed by atoms with Gasteiger partial charge in [-0.2, -0.15) is 4.31 Å². The van der Waals surface area contributed by atoms with Gasteiger partial charge in [0.1, 0.15) is 10.6 Å². The Kier molecular flexibility index (Phi) is 3.18. The van der Waals surface area contributed by atoms with Gasteiger partial charge in [0.05, 0.1) is 6.10 Å². The molecule has 0 bridgehead atoms. The standard InChI is InChI=1S/C10H14N2O5S/c1-11-6-8(4-9(11)10(14)15)18(16,17)12-3-2-7(13)5-12/h4,6-7,13H,2-3,5H2,1H3,(H,14,15)/t7-/m0/s1. The van der Waals surface area contributed by atoms with Crippen molar-refractivity contribution < 1.29 is 23.4 Å². The molecular weight excluding hydrogens is 260 g/mol. The molecule has 2 heterocycles. The summed E-state index contributed by atoms with van der Waals surface area (Å²) in [5, 5.41) is 18.2. The van der Waals surface area contributed by atoms with Gasteiger partial charge in [-0.05, 0) is 12.5 Å². The van der Waals surface area contributed by atoms with Crippen LogP contribution in [0.25, 0.3) is 0 Å². The molecule has 0 spiro atoms. The summed E-state index contributed by atoms with van der Waals surface area (Å²) in [6, 6.07) is 1.13. The van der Waals surface area contributed by atoms with E-state index in [1.54, 1.807) is 0 Å². The molecule has 0 unspecified atom stereocenters. The molecule has 0 aromatic carbocycles. The highest BCUT2D eigenvalue weighted by Crippen LogP contribution is 2.22. The van der Waals surface area contributed by atoms with Crippen molar-refractivity contribution in [2.45, 2.75) is 17.4 Å². The van der Waals surface area contributed by atoms with Crippen molar-refractivity contribution in [3.8, 4) is 0 Å². The second-order valence-corrected chi connectivity index (χ2v) is 6.22. The van der Waals surface area contributed by atoms with Crippen molar-refractivity contribution in [3.05, 3.63) is 18.0 Å². The molecule has 1 aromatic rings. The van der Waals surface area contributed by atoms with Crippen LogP contribution in [0.15, 0.2) is 17.2 Å². The summed E-state index contributed by atoms with van der Waals surface area (Å²) in [5.41, 5.74) is -0.0895. The van der Waals surface area contributed by atoms with Gasteiger partial charge in [-0.15, -0.1) is 0 Å². The summed E-state index contributed by atoms with van der Waals surface area (Å²) in [4.78, 5) is 10.8. The summed E-state index contributed by atoms with van der Waals surface area (Å²) in [7, 11) is -2.24. The van der Waals surface area contributed by atoms with E-state index < -0.39 is 22.1 Å². The molecule has 2 N–H and O–H groups in total. The lowest BCUT2D eigenvalue weighted by atomic mass is 10.3. The van der Waals surface area contributed by atoms with Gasteiger partial charge in [-0.3, -0.25) is 0 Å². The zero-order valence-electron chi connectivity index (χ0n) is 9.78. The third kappa shape index (κ3) is 2.14. The van der Waals surface area contributed by atoms with Gasteiger partial charge in [0.2, 0.25) is 10.0 Å². The second-order valence-electron chi connectivity index (χ2n) is 4.28. The molecule has 1 aromatic heterocycles. The maximum Gasteiger partial charge on any atom is 0.352 e. The van der Waals surface area contributed by atoms with E-state index in [0.717, 1.165) is 6.07 Å². The molecule has 0 aliphatic carbocycles. The maximum absolute atomic E-state index is 12.2. The summed E-state index contributed by atoms with van der Waals surface area (Å²) >= 11 is 0. The average Bonchev–Trinajstić information content (AvgIpc) is 2.84. The zero-order valence-corrected chi connectivity index (χ0v) is 10.6. The van der Waals surface area contributed by atoms with Gasteiger partial charge in [0, 0.05) is 26.3 Å². The predicted octanol–water partition coefficient (Wildman–Crippen LogP) is -0.521. The van der Waals surface area contributed by atoms with E-state index in [4.69, 9.17) is 5.11 Å². The minimum Gasteiger partial charge on any atom is -0.477 e. The molecule has 0 saturated carbocycles. The minimum atomic E-state index is -3.72. The first-order chi connectivity index (χ1) is 8.32. The van der Waals surface area contributed by atoms with E-state index in [1.807, 2.05) is 0 Å². The summed E-state index contributed by atoms with van der Waals surface area (Å²) in [5.74, 6) is -1.18. The van der Waals surface area contributed by atoms with Crippen LogP contribution in [-0.2, 0) is 17.1 Å². The fraction of sp³-hybridized carbons (Fsp3) is 0.500. The lowest BCUT2D eigenvalue weighted by Crippen LogP contribution is -2.29. The molecule has 100 valence electrons. The Balaban J connectivity index is 2.36. The lowest BCUT2D eigenvalue weighted by Gasteiger charge is -2.14. The molecule has 1 aliphatic rings. The SMILES string of the molecule is Cn1cc(S(=O)(=O)N2CC[C@H](O)C2)cc1C(=O)O. The first-order valence-electron chi connectivity index (χ1n) is 5.40. The Labute approximate surface area is 104 Å². The van der Waals surface area contributed by atoms with Crippen molar-refractivity contribution in [2.75, 3.05) is 13.1 Å². The topological polar surface area (TPSA) is 99.8 Å². The fourth-order valence-electron chi connectivity index (χ4n) is 1.97. The summed E-state index contributed by atoms with van der Waals surface area (Å²) in [6.45, 7) is 0.306. The van der Waals surface area contributed by atoms with Crippen LogP contribution in [0.2, 0.25) is 0 Å². The quantitative estimate of drug-likeness (QED) is 0.772. The van der Waals surface area contributed by atoms with Crippen molar-refractivity contribution in [1.82, 2.24) is 8.87 Å². The molecule has 8 heteroatoms. The molecule has 1 fully saturated rings. The van der Waals surface area contributed by atoms with Gasteiger partial charge in [-0.25, -0.2) is 13.2 Å². The van der Waals surface area contributed by atoms with E-state index in [9.17, 15) is 18.3 Å². The molecule has 1 saturated heterocycles. The number of hydrogen-bond acceptors (Lipinski definition) is 4. The zero-order chi connectivity index (χ0) is 13.5. The Morgan fingerprint density at radius 1 is 1.50 bits per heavy atom. The number of aromatic carboxylic acids is 1. The first kappa shape index (κ1) is 13.1. The number of β-amino-alcohol motifs (C(OH)–C–C–N with tert-alkyl or cyclic N) is 1. The number of sulfonamides is 1. The van der Waals surface area contributed by atoms with Gasteiger partial charge in [-0.1, -0.05) is 0 Å². The van der Waals surface area contributed by atoms with E-state index >= 15 is 0 Å². The van der Waals surface area contributed by atoms with Crippen molar-refractivity contribution >= 4 is 16.0 Å². The number of rotatable bonds is 3. The molecule has 7 nitrogen and oxygen atoms in total. The molecule has 1 aliphatic heterocycles. The first-order valence-corrected chi connectivity index (χ1v) is 6.84. The lowest BCUT2D eigenvalue weighted by molar-refractivity contribution is 0.0686. The predicted molar refractivity (Wildman–Crippen MR) is 61.8 cm³/mol. The van der Waals surface area contributed by atoms with Crippen LogP contribution < -0.4 is 0 Å². The fourth-order valence-corrected chi connectivity index (χ4v) is 3.53. The number of aliphatic hydroxyl groups excluding tert-OH is 1. The van der Waals surface area contributed by atoms with Crippen LogP contribution >= 0.6 is 0 Å². The molecular formula is C10H14N2O5S. The third-order valence-corrected chi connectivity index (χ3v) is 4.79. The van der Waals surface area contributed by atoms with Gasteiger partial charge < -0.3 is 14.8 Å². The monoisotopic (exact) mass is 274 g/mol. The van der Waals surface area contributed by atoms with Crippen LogP contribution in [0, 0.1) is 0 Å². The minimum absolute atomic E-state index is 0.0552. The largest absolute Gasteiger partial charge is 0.477 e. The summed E-state index contributed by atoms with van der Waals surface area (Å²) in [6.07, 6.45) is 1.02. The van der Waals surface area contributed by atoms with Crippen LogP contribution in [0.3, 0.4) is 0 Å². The number of aromatic nitrogens is 1. The number of hydrogen-bond donors (Lipinski definition) is 2. The van der Waals surface area contributed by atoms with Crippen LogP contribution in [0.4, 0.5) is 0 Å². The number of aliphatic hydroxyl groups is 1. The normalized spacial score (nSPS) is 21.3. The van der Waals surface area contributed by atoms with Crippen LogP contribution in [-0.4, -0.2) is 52.7 Å².